The highest BCUT2D eigenvalue weighted by Crippen LogP contribution is 2.16. The molecule has 0 aromatic carbocycles. The Morgan fingerprint density at radius 2 is 2.19 bits per heavy atom. The highest BCUT2D eigenvalue weighted by atomic mass is 35.5. The molecule has 0 unspecified atom stereocenters. The van der Waals surface area contributed by atoms with E-state index in [9.17, 15) is 0 Å². The molecule has 0 spiro atoms. The molecule has 4 nitrogen and oxygen atoms in total. The van der Waals surface area contributed by atoms with E-state index in [1.165, 1.54) is 0 Å². The van der Waals surface area contributed by atoms with Gasteiger partial charge in [-0.3, -0.25) is 4.68 Å². The van der Waals surface area contributed by atoms with Gasteiger partial charge in [0, 0.05) is 13.2 Å². The highest BCUT2D eigenvalue weighted by Gasteiger charge is 2.02. The van der Waals surface area contributed by atoms with E-state index >= 15 is 0 Å². The zero-order valence-corrected chi connectivity index (χ0v) is 9.99. The van der Waals surface area contributed by atoms with Crippen molar-refractivity contribution in [3.63, 3.8) is 0 Å². The van der Waals surface area contributed by atoms with Gasteiger partial charge in [0.15, 0.2) is 0 Å². The van der Waals surface area contributed by atoms with Crippen LogP contribution in [0, 0.1) is 6.92 Å². The van der Waals surface area contributed by atoms with Crippen LogP contribution in [-0.4, -0.2) is 14.8 Å². The van der Waals surface area contributed by atoms with Crippen molar-refractivity contribution in [2.24, 2.45) is 7.05 Å². The van der Waals surface area contributed by atoms with Crippen LogP contribution in [0.25, 0.3) is 0 Å². The van der Waals surface area contributed by atoms with Gasteiger partial charge in [-0.15, -0.1) is 0 Å². The van der Waals surface area contributed by atoms with Gasteiger partial charge in [-0.2, -0.15) is 5.10 Å². The van der Waals surface area contributed by atoms with Crippen molar-refractivity contribution in [2.45, 2.75) is 13.5 Å². The third kappa shape index (κ3) is 2.33. The molecule has 0 saturated heterocycles. The number of nitrogens with zero attached hydrogens (tertiary/aromatic N) is 3. The fourth-order valence-electron chi connectivity index (χ4n) is 1.48. The van der Waals surface area contributed by atoms with E-state index in [0.717, 1.165) is 23.6 Å². The molecular weight excluding hydrogens is 224 g/mol. The minimum absolute atomic E-state index is 0.517. The summed E-state index contributed by atoms with van der Waals surface area (Å²) in [6, 6.07) is 5.69. The standard InChI is InChI=1S/C11H13ClN4/c1-8-10(3-4-11(12)15-8)13-7-9-5-6-14-16(9)2/h3-6,13H,7H2,1-2H3. The Balaban J connectivity index is 2.08. The molecule has 2 aromatic heterocycles. The van der Waals surface area contributed by atoms with Crippen LogP contribution in [0.2, 0.25) is 5.15 Å². The molecule has 0 amide bonds. The predicted molar refractivity (Wildman–Crippen MR) is 64.5 cm³/mol. The normalized spacial score (nSPS) is 10.4. The van der Waals surface area contributed by atoms with Crippen LogP contribution >= 0.6 is 11.6 Å². The first-order valence-corrected chi connectivity index (χ1v) is 5.38. The smallest absolute Gasteiger partial charge is 0.129 e. The van der Waals surface area contributed by atoms with Crippen molar-refractivity contribution in [3.05, 3.63) is 40.9 Å². The highest BCUT2D eigenvalue weighted by molar-refractivity contribution is 6.29. The molecule has 0 aliphatic heterocycles. The maximum Gasteiger partial charge on any atom is 0.129 e. The minimum atomic E-state index is 0.517. The molecule has 0 atom stereocenters. The summed E-state index contributed by atoms with van der Waals surface area (Å²) in [4.78, 5) is 4.18. The summed E-state index contributed by atoms with van der Waals surface area (Å²) in [5.74, 6) is 0. The number of rotatable bonds is 3. The van der Waals surface area contributed by atoms with Crippen molar-refractivity contribution < 1.29 is 0 Å². The van der Waals surface area contributed by atoms with Crippen LogP contribution in [0.5, 0.6) is 0 Å². The van der Waals surface area contributed by atoms with Crippen LogP contribution in [0.4, 0.5) is 5.69 Å². The first kappa shape index (κ1) is 11.0. The second-order valence-electron chi connectivity index (χ2n) is 3.57. The average Bonchev–Trinajstić information content (AvgIpc) is 2.63. The van der Waals surface area contributed by atoms with Crippen LogP contribution in [0.1, 0.15) is 11.4 Å². The molecule has 0 aliphatic carbocycles. The van der Waals surface area contributed by atoms with Gasteiger partial charge in [-0.1, -0.05) is 11.6 Å². The van der Waals surface area contributed by atoms with Gasteiger partial charge in [0.2, 0.25) is 0 Å². The maximum absolute atomic E-state index is 5.79. The lowest BCUT2D eigenvalue weighted by atomic mass is 10.3. The Morgan fingerprint density at radius 3 is 2.81 bits per heavy atom. The van der Waals surface area contributed by atoms with Crippen molar-refractivity contribution in [1.82, 2.24) is 14.8 Å². The number of aromatic nitrogens is 3. The molecule has 2 heterocycles. The van der Waals surface area contributed by atoms with Gasteiger partial charge in [0.1, 0.15) is 5.15 Å². The number of hydrogen-bond donors (Lipinski definition) is 1. The van der Waals surface area contributed by atoms with Crippen LogP contribution in [-0.2, 0) is 13.6 Å². The first-order chi connectivity index (χ1) is 7.66. The lowest BCUT2D eigenvalue weighted by Crippen LogP contribution is -2.06. The third-order valence-corrected chi connectivity index (χ3v) is 2.64. The summed E-state index contributed by atoms with van der Waals surface area (Å²) in [5.41, 5.74) is 3.01. The largest absolute Gasteiger partial charge is 0.378 e. The van der Waals surface area contributed by atoms with Crippen molar-refractivity contribution >= 4 is 17.3 Å². The second-order valence-corrected chi connectivity index (χ2v) is 3.95. The maximum atomic E-state index is 5.79. The third-order valence-electron chi connectivity index (χ3n) is 2.43. The van der Waals surface area contributed by atoms with E-state index in [1.807, 2.05) is 30.8 Å². The number of halogens is 1. The number of anilines is 1. The fourth-order valence-corrected chi connectivity index (χ4v) is 1.67. The lowest BCUT2D eigenvalue weighted by molar-refractivity contribution is 0.720. The number of pyridine rings is 1. The molecule has 0 bridgehead atoms. The fraction of sp³-hybridized carbons (Fsp3) is 0.273. The predicted octanol–water partition coefficient (Wildman–Crippen LogP) is 2.39. The van der Waals surface area contributed by atoms with Gasteiger partial charge in [-0.05, 0) is 25.1 Å². The Hall–Kier alpha value is -1.55. The molecular formula is C11H13ClN4. The summed E-state index contributed by atoms with van der Waals surface area (Å²) < 4.78 is 1.84. The molecule has 1 N–H and O–H groups in total. The number of nitrogens with one attached hydrogen (secondary N) is 1. The molecule has 2 rings (SSSR count). The molecule has 0 saturated carbocycles. The molecule has 0 aliphatic rings. The first-order valence-electron chi connectivity index (χ1n) is 5.01. The van der Waals surface area contributed by atoms with Crippen molar-refractivity contribution in [1.29, 1.82) is 0 Å². The van der Waals surface area contributed by atoms with Crippen molar-refractivity contribution in [3.8, 4) is 0 Å². The van der Waals surface area contributed by atoms with Crippen LogP contribution in [0.15, 0.2) is 24.4 Å². The van der Waals surface area contributed by atoms with E-state index in [4.69, 9.17) is 11.6 Å². The van der Waals surface area contributed by atoms with E-state index < -0.39 is 0 Å². The zero-order valence-electron chi connectivity index (χ0n) is 9.24. The van der Waals surface area contributed by atoms with Crippen LogP contribution in [0.3, 0.4) is 0 Å². The average molecular weight is 237 g/mol. The lowest BCUT2D eigenvalue weighted by Gasteiger charge is -2.09. The Labute approximate surface area is 99.3 Å². The zero-order chi connectivity index (χ0) is 11.5. The van der Waals surface area contributed by atoms with Gasteiger partial charge in [0.25, 0.3) is 0 Å². The Morgan fingerprint density at radius 1 is 1.38 bits per heavy atom. The quantitative estimate of drug-likeness (QED) is 0.833. The van der Waals surface area contributed by atoms with Gasteiger partial charge in [-0.25, -0.2) is 4.98 Å². The van der Waals surface area contributed by atoms with E-state index in [0.29, 0.717) is 5.15 Å². The molecule has 5 heteroatoms. The number of aryl methyl sites for hydroxylation is 2. The van der Waals surface area contributed by atoms with Gasteiger partial charge >= 0.3 is 0 Å². The van der Waals surface area contributed by atoms with E-state index in [-0.39, 0.29) is 0 Å². The van der Waals surface area contributed by atoms with E-state index in [1.54, 1.807) is 12.3 Å². The van der Waals surface area contributed by atoms with Gasteiger partial charge in [0.05, 0.1) is 23.6 Å². The van der Waals surface area contributed by atoms with E-state index in [2.05, 4.69) is 15.4 Å². The molecule has 16 heavy (non-hydrogen) atoms. The summed E-state index contributed by atoms with van der Waals surface area (Å²) in [7, 11) is 1.92. The topological polar surface area (TPSA) is 42.7 Å². The number of hydrogen-bond acceptors (Lipinski definition) is 3. The Bertz CT molecular complexity index is 492. The molecule has 0 radical (unpaired) electrons. The van der Waals surface area contributed by atoms with Crippen LogP contribution < -0.4 is 5.32 Å². The van der Waals surface area contributed by atoms with Gasteiger partial charge < -0.3 is 5.32 Å². The summed E-state index contributed by atoms with van der Waals surface area (Å²) in [6.45, 7) is 2.65. The molecule has 0 fully saturated rings. The van der Waals surface area contributed by atoms with Crippen molar-refractivity contribution in [2.75, 3.05) is 5.32 Å². The SMILES string of the molecule is Cc1nc(Cl)ccc1NCc1ccnn1C. The summed E-state index contributed by atoms with van der Waals surface area (Å²) in [5, 5.41) is 7.92. The minimum Gasteiger partial charge on any atom is -0.378 e. The summed E-state index contributed by atoms with van der Waals surface area (Å²) >= 11 is 5.79. The Kier molecular flexibility index (Phi) is 3.10. The molecule has 2 aromatic rings. The second kappa shape index (κ2) is 4.53. The monoisotopic (exact) mass is 236 g/mol. The summed E-state index contributed by atoms with van der Waals surface area (Å²) in [6.07, 6.45) is 1.78. The molecule has 84 valence electrons.